The Morgan fingerprint density at radius 3 is 2.29 bits per heavy atom. The summed E-state index contributed by atoms with van der Waals surface area (Å²) >= 11 is 0. The maximum atomic E-state index is 5.95. The van der Waals surface area contributed by atoms with Crippen molar-refractivity contribution < 1.29 is 0 Å². The van der Waals surface area contributed by atoms with Crippen molar-refractivity contribution in [2.24, 2.45) is 0 Å². The topological polar surface area (TPSA) is 41.8 Å². The molecule has 2 heteroatoms. The number of benzene rings is 1. The Hall–Kier alpha value is -1.44. The first kappa shape index (κ1) is 9.13. The minimum atomic E-state index is 0.886. The maximum absolute atomic E-state index is 5.95. The molecule has 0 aliphatic heterocycles. The first-order valence-electron chi connectivity index (χ1n) is 4.87. The van der Waals surface area contributed by atoms with Crippen LogP contribution in [0, 0.1) is 27.7 Å². The van der Waals surface area contributed by atoms with Gasteiger partial charge in [0.15, 0.2) is 0 Å². The molecular formula is C12H16N2. The van der Waals surface area contributed by atoms with E-state index in [0.29, 0.717) is 0 Å². The number of rotatable bonds is 0. The summed E-state index contributed by atoms with van der Waals surface area (Å²) in [4.78, 5) is 3.41. The Morgan fingerprint density at radius 2 is 1.64 bits per heavy atom. The second-order valence-corrected chi connectivity index (χ2v) is 4.01. The van der Waals surface area contributed by atoms with Gasteiger partial charge in [0.25, 0.3) is 0 Å². The van der Waals surface area contributed by atoms with Gasteiger partial charge in [-0.05, 0) is 50.5 Å². The van der Waals surface area contributed by atoms with Gasteiger partial charge in [0.1, 0.15) is 0 Å². The SMILES string of the molecule is Cc1[nH]c2c(C)c(C)c(N)cc2c1C. The monoisotopic (exact) mass is 188 g/mol. The molecule has 0 spiro atoms. The Kier molecular flexibility index (Phi) is 1.81. The minimum Gasteiger partial charge on any atom is -0.398 e. The molecule has 0 radical (unpaired) electrons. The fourth-order valence-electron chi connectivity index (χ4n) is 1.88. The molecule has 14 heavy (non-hydrogen) atoms. The number of hydrogen-bond acceptors (Lipinski definition) is 1. The third-order valence-corrected chi connectivity index (χ3v) is 3.22. The fraction of sp³-hybridized carbons (Fsp3) is 0.333. The van der Waals surface area contributed by atoms with Crippen molar-refractivity contribution in [2.75, 3.05) is 5.73 Å². The van der Waals surface area contributed by atoms with Crippen molar-refractivity contribution >= 4 is 16.6 Å². The quantitative estimate of drug-likeness (QED) is 0.613. The van der Waals surface area contributed by atoms with Crippen molar-refractivity contribution in [1.82, 2.24) is 4.98 Å². The normalized spacial score (nSPS) is 11.1. The number of nitrogen functional groups attached to an aromatic ring is 1. The highest BCUT2D eigenvalue weighted by Gasteiger charge is 2.09. The average molecular weight is 188 g/mol. The summed E-state index contributed by atoms with van der Waals surface area (Å²) in [5.74, 6) is 0. The highest BCUT2D eigenvalue weighted by molar-refractivity contribution is 5.91. The van der Waals surface area contributed by atoms with E-state index in [2.05, 4.69) is 38.7 Å². The van der Waals surface area contributed by atoms with E-state index in [4.69, 9.17) is 5.73 Å². The molecule has 1 aromatic heterocycles. The number of hydrogen-bond donors (Lipinski definition) is 2. The van der Waals surface area contributed by atoms with Crippen LogP contribution in [0.15, 0.2) is 6.07 Å². The van der Waals surface area contributed by atoms with Crippen LogP contribution in [-0.2, 0) is 0 Å². The molecule has 1 aromatic carbocycles. The van der Waals surface area contributed by atoms with E-state index >= 15 is 0 Å². The molecule has 2 rings (SSSR count). The number of nitrogens with one attached hydrogen (secondary N) is 1. The van der Waals surface area contributed by atoms with Gasteiger partial charge in [-0.1, -0.05) is 0 Å². The summed E-state index contributed by atoms with van der Waals surface area (Å²) in [5, 5.41) is 1.25. The van der Waals surface area contributed by atoms with E-state index in [1.807, 2.05) is 0 Å². The Labute approximate surface area is 84.1 Å². The van der Waals surface area contributed by atoms with E-state index in [1.165, 1.54) is 33.3 Å². The lowest BCUT2D eigenvalue weighted by molar-refractivity contribution is 1.24. The highest BCUT2D eigenvalue weighted by Crippen LogP contribution is 2.29. The standard InChI is InChI=1S/C12H16N2/c1-6-7(2)12-10(5-11(6)13)8(3)9(4)14-12/h5,14H,13H2,1-4H3. The van der Waals surface area contributed by atoms with Gasteiger partial charge < -0.3 is 10.7 Å². The highest BCUT2D eigenvalue weighted by atomic mass is 14.7. The Bertz CT molecular complexity index is 507. The number of aromatic nitrogens is 1. The first-order valence-corrected chi connectivity index (χ1v) is 4.87. The molecule has 2 aromatic rings. The van der Waals surface area contributed by atoms with E-state index in [9.17, 15) is 0 Å². The molecule has 0 aliphatic rings. The molecule has 0 unspecified atom stereocenters. The van der Waals surface area contributed by atoms with Gasteiger partial charge in [0, 0.05) is 22.3 Å². The van der Waals surface area contributed by atoms with Crippen LogP contribution in [0.25, 0.3) is 10.9 Å². The molecule has 0 atom stereocenters. The van der Waals surface area contributed by atoms with Gasteiger partial charge in [-0.2, -0.15) is 0 Å². The van der Waals surface area contributed by atoms with Crippen molar-refractivity contribution in [3.8, 4) is 0 Å². The third-order valence-electron chi connectivity index (χ3n) is 3.22. The number of H-pyrrole nitrogens is 1. The molecule has 0 fully saturated rings. The zero-order valence-corrected chi connectivity index (χ0v) is 9.15. The number of anilines is 1. The smallest absolute Gasteiger partial charge is 0.0492 e. The van der Waals surface area contributed by atoms with Gasteiger partial charge in [-0.15, -0.1) is 0 Å². The van der Waals surface area contributed by atoms with Crippen LogP contribution in [0.3, 0.4) is 0 Å². The lowest BCUT2D eigenvalue weighted by Crippen LogP contribution is -1.93. The Balaban J connectivity index is 2.98. The summed E-state index contributed by atoms with van der Waals surface area (Å²) in [5.41, 5.74) is 13.0. The number of aromatic amines is 1. The van der Waals surface area contributed by atoms with Crippen molar-refractivity contribution in [2.45, 2.75) is 27.7 Å². The third kappa shape index (κ3) is 1.03. The summed E-state index contributed by atoms with van der Waals surface area (Å²) in [6, 6.07) is 2.07. The number of nitrogens with two attached hydrogens (primary N) is 1. The number of fused-ring (bicyclic) bond motifs is 1. The van der Waals surface area contributed by atoms with Crippen LogP contribution in [0.1, 0.15) is 22.4 Å². The van der Waals surface area contributed by atoms with E-state index in [1.54, 1.807) is 0 Å². The molecule has 0 saturated heterocycles. The zero-order chi connectivity index (χ0) is 10.5. The lowest BCUT2D eigenvalue weighted by Gasteiger charge is -2.05. The summed E-state index contributed by atoms with van der Waals surface area (Å²) in [6.07, 6.45) is 0. The van der Waals surface area contributed by atoms with E-state index < -0.39 is 0 Å². The molecule has 0 bridgehead atoms. The van der Waals surface area contributed by atoms with E-state index in [-0.39, 0.29) is 0 Å². The van der Waals surface area contributed by atoms with Crippen LogP contribution in [-0.4, -0.2) is 4.98 Å². The lowest BCUT2D eigenvalue weighted by atomic mass is 10.0. The van der Waals surface area contributed by atoms with Crippen LogP contribution < -0.4 is 5.73 Å². The van der Waals surface area contributed by atoms with Gasteiger partial charge in [0.2, 0.25) is 0 Å². The summed E-state index contributed by atoms with van der Waals surface area (Å²) in [7, 11) is 0. The molecule has 3 N–H and O–H groups in total. The molecule has 0 aliphatic carbocycles. The fourth-order valence-corrected chi connectivity index (χ4v) is 1.88. The zero-order valence-electron chi connectivity index (χ0n) is 9.15. The van der Waals surface area contributed by atoms with Crippen molar-refractivity contribution in [1.29, 1.82) is 0 Å². The maximum Gasteiger partial charge on any atom is 0.0492 e. The second-order valence-electron chi connectivity index (χ2n) is 4.01. The van der Waals surface area contributed by atoms with Crippen LogP contribution in [0.5, 0.6) is 0 Å². The van der Waals surface area contributed by atoms with Crippen LogP contribution in [0.2, 0.25) is 0 Å². The van der Waals surface area contributed by atoms with Gasteiger partial charge in [-0.25, -0.2) is 0 Å². The largest absolute Gasteiger partial charge is 0.398 e. The van der Waals surface area contributed by atoms with Gasteiger partial charge in [-0.3, -0.25) is 0 Å². The van der Waals surface area contributed by atoms with Crippen LogP contribution >= 0.6 is 0 Å². The summed E-state index contributed by atoms with van der Waals surface area (Å²) < 4.78 is 0. The minimum absolute atomic E-state index is 0.886. The number of aryl methyl sites for hydroxylation is 3. The van der Waals surface area contributed by atoms with E-state index in [0.717, 1.165) is 5.69 Å². The first-order chi connectivity index (χ1) is 6.52. The Morgan fingerprint density at radius 1 is 1.00 bits per heavy atom. The molecular weight excluding hydrogens is 172 g/mol. The molecule has 0 saturated carbocycles. The van der Waals surface area contributed by atoms with Crippen molar-refractivity contribution in [3.63, 3.8) is 0 Å². The average Bonchev–Trinajstić information content (AvgIpc) is 2.42. The van der Waals surface area contributed by atoms with Gasteiger partial charge >= 0.3 is 0 Å². The summed E-state index contributed by atoms with van der Waals surface area (Å²) in [6.45, 7) is 8.40. The van der Waals surface area contributed by atoms with Crippen LogP contribution in [0.4, 0.5) is 5.69 Å². The molecule has 2 nitrogen and oxygen atoms in total. The van der Waals surface area contributed by atoms with Gasteiger partial charge in [0.05, 0.1) is 0 Å². The second kappa shape index (κ2) is 2.77. The molecule has 74 valence electrons. The molecule has 1 heterocycles. The predicted octanol–water partition coefficient (Wildman–Crippen LogP) is 2.98. The predicted molar refractivity (Wildman–Crippen MR) is 61.7 cm³/mol. The van der Waals surface area contributed by atoms with Crippen molar-refractivity contribution in [3.05, 3.63) is 28.5 Å². The molecule has 0 amide bonds.